The first-order valence-corrected chi connectivity index (χ1v) is 8.97. The van der Waals surface area contributed by atoms with Crippen LogP contribution in [-0.2, 0) is 11.2 Å². The Balaban J connectivity index is 1.43. The molecule has 0 aromatic heterocycles. The summed E-state index contributed by atoms with van der Waals surface area (Å²) in [6, 6.07) is 18.9. The molecule has 0 bridgehead atoms. The third kappa shape index (κ3) is 4.83. The molecule has 3 rings (SSSR count). The van der Waals surface area contributed by atoms with Gasteiger partial charge in [-0.3, -0.25) is 0 Å². The van der Waals surface area contributed by atoms with E-state index in [1.54, 1.807) is 0 Å². The van der Waals surface area contributed by atoms with E-state index in [9.17, 15) is 4.79 Å². The first kappa shape index (κ1) is 17.5. The lowest BCUT2D eigenvalue weighted by Crippen LogP contribution is -2.43. The van der Waals surface area contributed by atoms with Crippen LogP contribution < -0.4 is 10.2 Å². The molecule has 1 aliphatic heterocycles. The van der Waals surface area contributed by atoms with Crippen molar-refractivity contribution in [2.24, 2.45) is 0 Å². The molecule has 1 heterocycles. The van der Waals surface area contributed by atoms with Gasteiger partial charge >= 0.3 is 5.97 Å². The van der Waals surface area contributed by atoms with Gasteiger partial charge in [0.25, 0.3) is 0 Å². The maximum Gasteiger partial charge on any atom is 0.337 e. The number of benzene rings is 2. The molecule has 0 saturated carbocycles. The largest absolute Gasteiger partial charge is 0.465 e. The van der Waals surface area contributed by atoms with E-state index < -0.39 is 0 Å². The standard InChI is InChI=1S/C21H26N2O2/c1-25-21(24)18-7-9-20(10-8-18)23-15-12-19(13-16-23)22-14-11-17-5-3-2-4-6-17/h2-10,19,22H,11-16H2,1H3. The van der Waals surface area contributed by atoms with Crippen molar-refractivity contribution in [3.8, 4) is 0 Å². The van der Waals surface area contributed by atoms with Crippen molar-refractivity contribution >= 4 is 11.7 Å². The molecule has 4 heteroatoms. The number of nitrogens with one attached hydrogen (secondary N) is 1. The first-order valence-electron chi connectivity index (χ1n) is 8.97. The van der Waals surface area contributed by atoms with E-state index in [-0.39, 0.29) is 5.97 Å². The van der Waals surface area contributed by atoms with Crippen LogP contribution >= 0.6 is 0 Å². The molecule has 25 heavy (non-hydrogen) atoms. The predicted octanol–water partition coefficient (Wildman–Crippen LogP) is 3.27. The lowest BCUT2D eigenvalue weighted by Gasteiger charge is -2.34. The van der Waals surface area contributed by atoms with Crippen LogP contribution in [0, 0.1) is 0 Å². The fraction of sp³-hybridized carbons (Fsp3) is 0.381. The van der Waals surface area contributed by atoms with Crippen molar-refractivity contribution < 1.29 is 9.53 Å². The number of methoxy groups -OCH3 is 1. The highest BCUT2D eigenvalue weighted by atomic mass is 16.5. The molecule has 1 fully saturated rings. The molecule has 1 saturated heterocycles. The molecule has 0 unspecified atom stereocenters. The summed E-state index contributed by atoms with van der Waals surface area (Å²) >= 11 is 0. The minimum atomic E-state index is -0.284. The summed E-state index contributed by atoms with van der Waals surface area (Å²) in [7, 11) is 1.41. The summed E-state index contributed by atoms with van der Waals surface area (Å²) in [6.45, 7) is 3.11. The maximum absolute atomic E-state index is 11.5. The van der Waals surface area contributed by atoms with Crippen molar-refractivity contribution in [3.63, 3.8) is 0 Å². The fourth-order valence-electron chi connectivity index (χ4n) is 3.33. The number of piperidine rings is 1. The maximum atomic E-state index is 11.5. The van der Waals surface area contributed by atoms with Gasteiger partial charge in [0, 0.05) is 24.8 Å². The number of anilines is 1. The van der Waals surface area contributed by atoms with Gasteiger partial charge in [-0.2, -0.15) is 0 Å². The minimum absolute atomic E-state index is 0.284. The summed E-state index contributed by atoms with van der Waals surface area (Å²) in [5.74, 6) is -0.284. The molecule has 0 aliphatic carbocycles. The lowest BCUT2D eigenvalue weighted by molar-refractivity contribution is 0.0601. The van der Waals surface area contributed by atoms with Crippen LogP contribution in [-0.4, -0.2) is 38.8 Å². The molecule has 1 N–H and O–H groups in total. The van der Waals surface area contributed by atoms with Crippen LogP contribution in [0.3, 0.4) is 0 Å². The number of ether oxygens (including phenoxy) is 1. The zero-order chi connectivity index (χ0) is 17.5. The van der Waals surface area contributed by atoms with Crippen LogP contribution in [0.15, 0.2) is 54.6 Å². The molecule has 1 aliphatic rings. The molecule has 2 aromatic rings. The van der Waals surface area contributed by atoms with Gasteiger partial charge in [0.2, 0.25) is 0 Å². The molecule has 2 aromatic carbocycles. The second-order valence-corrected chi connectivity index (χ2v) is 6.49. The average Bonchev–Trinajstić information content (AvgIpc) is 2.69. The zero-order valence-corrected chi connectivity index (χ0v) is 14.8. The third-order valence-electron chi connectivity index (χ3n) is 4.84. The summed E-state index contributed by atoms with van der Waals surface area (Å²) in [4.78, 5) is 13.9. The summed E-state index contributed by atoms with van der Waals surface area (Å²) < 4.78 is 4.74. The van der Waals surface area contributed by atoms with Gasteiger partial charge in [-0.15, -0.1) is 0 Å². The van der Waals surface area contributed by atoms with Crippen LogP contribution in [0.4, 0.5) is 5.69 Å². The van der Waals surface area contributed by atoms with E-state index in [0.29, 0.717) is 11.6 Å². The first-order chi connectivity index (χ1) is 12.3. The highest BCUT2D eigenvalue weighted by Crippen LogP contribution is 2.21. The Labute approximate surface area is 149 Å². The molecule has 0 spiro atoms. The van der Waals surface area contributed by atoms with E-state index in [4.69, 9.17) is 4.74 Å². The fourth-order valence-corrected chi connectivity index (χ4v) is 3.33. The average molecular weight is 338 g/mol. The Morgan fingerprint density at radius 3 is 2.40 bits per heavy atom. The van der Waals surface area contributed by atoms with Gasteiger partial charge < -0.3 is 15.0 Å². The molecule has 0 atom stereocenters. The number of hydrogen-bond donors (Lipinski definition) is 1. The Morgan fingerprint density at radius 2 is 1.76 bits per heavy atom. The third-order valence-corrected chi connectivity index (χ3v) is 4.84. The smallest absolute Gasteiger partial charge is 0.337 e. The van der Waals surface area contributed by atoms with Gasteiger partial charge in [0.1, 0.15) is 0 Å². The quantitative estimate of drug-likeness (QED) is 0.821. The number of esters is 1. The Morgan fingerprint density at radius 1 is 1.08 bits per heavy atom. The second-order valence-electron chi connectivity index (χ2n) is 6.49. The van der Waals surface area contributed by atoms with Crippen LogP contribution in [0.25, 0.3) is 0 Å². The summed E-state index contributed by atoms with van der Waals surface area (Å²) in [5.41, 5.74) is 3.16. The molecule has 0 radical (unpaired) electrons. The number of nitrogens with zero attached hydrogens (tertiary/aromatic N) is 1. The number of carbonyl (C=O) groups excluding carboxylic acids is 1. The molecule has 132 valence electrons. The molecule has 0 amide bonds. The van der Waals surface area contributed by atoms with E-state index in [1.165, 1.54) is 18.4 Å². The van der Waals surface area contributed by atoms with Crippen LogP contribution in [0.5, 0.6) is 0 Å². The highest BCUT2D eigenvalue weighted by Gasteiger charge is 2.19. The Kier molecular flexibility index (Phi) is 6.07. The highest BCUT2D eigenvalue weighted by molar-refractivity contribution is 5.89. The summed E-state index contributed by atoms with van der Waals surface area (Å²) in [5, 5.41) is 3.69. The van der Waals surface area contributed by atoms with Crippen molar-refractivity contribution in [1.29, 1.82) is 0 Å². The van der Waals surface area contributed by atoms with E-state index >= 15 is 0 Å². The Bertz CT molecular complexity index is 662. The van der Waals surface area contributed by atoms with Crippen molar-refractivity contribution in [2.45, 2.75) is 25.3 Å². The van der Waals surface area contributed by atoms with Crippen LogP contribution in [0.2, 0.25) is 0 Å². The lowest BCUT2D eigenvalue weighted by atomic mass is 10.0. The number of carbonyl (C=O) groups is 1. The molecular weight excluding hydrogens is 312 g/mol. The summed E-state index contributed by atoms with van der Waals surface area (Å²) in [6.07, 6.45) is 3.37. The SMILES string of the molecule is COC(=O)c1ccc(N2CCC(NCCc3ccccc3)CC2)cc1. The number of rotatable bonds is 6. The van der Waals surface area contributed by atoms with E-state index in [1.807, 2.05) is 24.3 Å². The van der Waals surface area contributed by atoms with E-state index in [0.717, 1.165) is 38.9 Å². The predicted molar refractivity (Wildman–Crippen MR) is 101 cm³/mol. The van der Waals surface area contributed by atoms with Crippen molar-refractivity contribution in [1.82, 2.24) is 5.32 Å². The normalized spacial score (nSPS) is 15.2. The van der Waals surface area contributed by atoms with Gasteiger partial charge in [0.15, 0.2) is 0 Å². The van der Waals surface area contributed by atoms with Gasteiger partial charge in [-0.05, 0) is 55.6 Å². The minimum Gasteiger partial charge on any atom is -0.465 e. The van der Waals surface area contributed by atoms with Crippen LogP contribution in [0.1, 0.15) is 28.8 Å². The second kappa shape index (κ2) is 8.67. The molecular formula is C21H26N2O2. The van der Waals surface area contributed by atoms with Crippen molar-refractivity contribution in [3.05, 3.63) is 65.7 Å². The van der Waals surface area contributed by atoms with Gasteiger partial charge in [-0.25, -0.2) is 4.79 Å². The zero-order valence-electron chi connectivity index (χ0n) is 14.8. The van der Waals surface area contributed by atoms with E-state index in [2.05, 4.69) is 40.5 Å². The monoisotopic (exact) mass is 338 g/mol. The van der Waals surface area contributed by atoms with Gasteiger partial charge in [-0.1, -0.05) is 30.3 Å². The molecule has 4 nitrogen and oxygen atoms in total. The Hall–Kier alpha value is -2.33. The number of hydrogen-bond acceptors (Lipinski definition) is 4. The van der Waals surface area contributed by atoms with Crippen molar-refractivity contribution in [2.75, 3.05) is 31.6 Å². The topological polar surface area (TPSA) is 41.6 Å². The van der Waals surface area contributed by atoms with Gasteiger partial charge in [0.05, 0.1) is 12.7 Å².